The van der Waals surface area contributed by atoms with Crippen LogP contribution in [0.2, 0.25) is 0 Å². The van der Waals surface area contributed by atoms with Crippen molar-refractivity contribution >= 4 is 36.2 Å². The van der Waals surface area contributed by atoms with Gasteiger partial charge >= 0.3 is 23.9 Å². The number of carbonyl (C=O) groups excluding carboxylic acids is 5. The Labute approximate surface area is 255 Å². The molecule has 0 amide bonds. The normalized spacial score (nSPS) is 21.4. The lowest BCUT2D eigenvalue weighted by molar-refractivity contribution is -0.288. The second-order valence-electron chi connectivity index (χ2n) is 9.81. The number of para-hydroxylation sites is 1. The molecule has 44 heavy (non-hydrogen) atoms. The van der Waals surface area contributed by atoms with Gasteiger partial charge in [-0.3, -0.25) is 24.0 Å². The molecule has 5 atom stereocenters. The average molecular weight is 613 g/mol. The maximum atomic E-state index is 12.1. The fourth-order valence-corrected chi connectivity index (χ4v) is 4.57. The van der Waals surface area contributed by atoms with E-state index in [1.54, 1.807) is 25.1 Å². The molecular formula is C32H36O12. The Kier molecular flexibility index (Phi) is 12.5. The summed E-state index contributed by atoms with van der Waals surface area (Å²) < 4.78 is 39.1. The number of aldehydes is 1. The second-order valence-corrected chi connectivity index (χ2v) is 9.81. The van der Waals surface area contributed by atoms with Gasteiger partial charge in [0.15, 0.2) is 24.3 Å². The lowest BCUT2D eigenvalue weighted by Gasteiger charge is -2.44. The molecule has 0 unspecified atom stereocenters. The van der Waals surface area contributed by atoms with E-state index >= 15 is 0 Å². The smallest absolute Gasteiger partial charge is 0.303 e. The standard InChI is InChI=1S/C32H36O12/c1-6-38-26(17-33)16-24-13-11-23(12-14-24)15-25-9-7-8-10-27(25)43-32-31(42-22(5)37)30(41-21(4)36)29(40-20(3)35)28(44-32)18-39-19(2)34/h7-14,16-17,28-32H,6,15,18H2,1-5H3/b26-16-/t28-,29-,30+,31-,32+/m1/s1. The van der Waals surface area contributed by atoms with Crippen molar-refractivity contribution in [3.8, 4) is 5.75 Å². The van der Waals surface area contributed by atoms with Crippen LogP contribution in [0, 0.1) is 0 Å². The van der Waals surface area contributed by atoms with E-state index in [1.165, 1.54) is 6.92 Å². The Morgan fingerprint density at radius 2 is 1.39 bits per heavy atom. The molecule has 0 spiro atoms. The molecule has 0 aromatic heterocycles. The number of esters is 4. The van der Waals surface area contributed by atoms with Crippen LogP contribution < -0.4 is 4.74 Å². The number of hydrogen-bond acceptors (Lipinski definition) is 12. The lowest BCUT2D eigenvalue weighted by atomic mass is 9.98. The van der Waals surface area contributed by atoms with Gasteiger partial charge in [-0.1, -0.05) is 42.5 Å². The van der Waals surface area contributed by atoms with Crippen molar-refractivity contribution in [1.29, 1.82) is 0 Å². The molecule has 0 saturated carbocycles. The number of benzene rings is 2. The van der Waals surface area contributed by atoms with Crippen molar-refractivity contribution in [3.63, 3.8) is 0 Å². The highest BCUT2D eigenvalue weighted by atomic mass is 16.7. The van der Waals surface area contributed by atoms with Gasteiger partial charge in [-0.25, -0.2) is 0 Å². The zero-order valence-electron chi connectivity index (χ0n) is 25.2. The van der Waals surface area contributed by atoms with E-state index in [4.69, 9.17) is 33.2 Å². The van der Waals surface area contributed by atoms with Crippen LogP contribution in [0.5, 0.6) is 5.75 Å². The first-order valence-electron chi connectivity index (χ1n) is 13.9. The summed E-state index contributed by atoms with van der Waals surface area (Å²) in [5.74, 6) is -2.21. The van der Waals surface area contributed by atoms with Crippen molar-refractivity contribution in [2.75, 3.05) is 13.2 Å². The third-order valence-electron chi connectivity index (χ3n) is 6.27. The van der Waals surface area contributed by atoms with Gasteiger partial charge in [0.05, 0.1) is 6.61 Å². The highest BCUT2D eigenvalue weighted by Crippen LogP contribution is 2.32. The molecule has 1 fully saturated rings. The third-order valence-corrected chi connectivity index (χ3v) is 6.27. The number of hydrogen-bond donors (Lipinski definition) is 0. The van der Waals surface area contributed by atoms with E-state index in [1.807, 2.05) is 36.4 Å². The summed E-state index contributed by atoms with van der Waals surface area (Å²) in [7, 11) is 0. The van der Waals surface area contributed by atoms with E-state index in [9.17, 15) is 24.0 Å². The van der Waals surface area contributed by atoms with Gasteiger partial charge in [-0.2, -0.15) is 0 Å². The van der Waals surface area contributed by atoms with Gasteiger partial charge < -0.3 is 33.2 Å². The fourth-order valence-electron chi connectivity index (χ4n) is 4.57. The Hall–Kier alpha value is -4.71. The first-order chi connectivity index (χ1) is 21.0. The van der Waals surface area contributed by atoms with Crippen LogP contribution in [0.3, 0.4) is 0 Å². The first-order valence-corrected chi connectivity index (χ1v) is 13.9. The van der Waals surface area contributed by atoms with Gasteiger partial charge in [0, 0.05) is 34.1 Å². The lowest BCUT2D eigenvalue weighted by Crippen LogP contribution is -2.63. The largest absolute Gasteiger partial charge is 0.490 e. The van der Waals surface area contributed by atoms with Crippen molar-refractivity contribution in [2.24, 2.45) is 0 Å². The molecule has 3 rings (SSSR count). The maximum Gasteiger partial charge on any atom is 0.303 e. The first kappa shape index (κ1) is 33.8. The van der Waals surface area contributed by atoms with E-state index in [2.05, 4.69) is 0 Å². The Balaban J connectivity index is 1.94. The second kappa shape index (κ2) is 16.2. The number of rotatable bonds is 13. The van der Waals surface area contributed by atoms with Crippen molar-refractivity contribution in [1.82, 2.24) is 0 Å². The molecule has 0 radical (unpaired) electrons. The van der Waals surface area contributed by atoms with Crippen molar-refractivity contribution < 1.29 is 57.1 Å². The highest BCUT2D eigenvalue weighted by molar-refractivity contribution is 5.79. The van der Waals surface area contributed by atoms with E-state index < -0.39 is 54.6 Å². The SMILES string of the molecule is CCO/C(C=O)=C\c1ccc(Cc2ccccc2O[C@H]2O[C@H](COC(C)=O)[C@@H](OC(C)=O)[C@H](OC(C)=O)[C@H]2OC(C)=O)cc1. The van der Waals surface area contributed by atoms with Gasteiger partial charge in [-0.15, -0.1) is 0 Å². The molecular weight excluding hydrogens is 576 g/mol. The predicted molar refractivity (Wildman–Crippen MR) is 154 cm³/mol. The summed E-state index contributed by atoms with van der Waals surface area (Å²) in [4.78, 5) is 59.0. The van der Waals surface area contributed by atoms with Crippen LogP contribution in [0.1, 0.15) is 51.3 Å². The molecule has 1 heterocycles. The van der Waals surface area contributed by atoms with Gasteiger partial charge in [0.25, 0.3) is 0 Å². The summed E-state index contributed by atoms with van der Waals surface area (Å²) in [5.41, 5.74) is 2.45. The van der Waals surface area contributed by atoms with Crippen molar-refractivity contribution in [2.45, 2.75) is 71.7 Å². The fraction of sp³-hybridized carbons (Fsp3) is 0.406. The molecule has 0 N–H and O–H groups in total. The summed E-state index contributed by atoms with van der Waals surface area (Å²) in [6, 6.07) is 14.6. The van der Waals surface area contributed by atoms with Crippen molar-refractivity contribution in [3.05, 3.63) is 71.0 Å². The van der Waals surface area contributed by atoms with Crippen LogP contribution in [0.4, 0.5) is 0 Å². The predicted octanol–water partition coefficient (Wildman–Crippen LogP) is 3.32. The number of carbonyl (C=O) groups is 5. The van der Waals surface area contributed by atoms with E-state index in [0.717, 1.165) is 37.5 Å². The summed E-state index contributed by atoms with van der Waals surface area (Å²) in [6.45, 7) is 6.45. The monoisotopic (exact) mass is 612 g/mol. The molecule has 1 saturated heterocycles. The zero-order chi connectivity index (χ0) is 32.2. The zero-order valence-corrected chi connectivity index (χ0v) is 25.2. The van der Waals surface area contributed by atoms with Crippen LogP contribution in [-0.2, 0) is 58.8 Å². The molecule has 1 aliphatic heterocycles. The quantitative estimate of drug-likeness (QED) is 0.107. The maximum absolute atomic E-state index is 12.1. The van der Waals surface area contributed by atoms with Crippen LogP contribution >= 0.6 is 0 Å². The summed E-state index contributed by atoms with van der Waals surface area (Å²) in [5, 5.41) is 0. The van der Waals surface area contributed by atoms with Crippen LogP contribution in [0.15, 0.2) is 54.3 Å². The molecule has 1 aliphatic rings. The molecule has 0 aliphatic carbocycles. The molecule has 12 heteroatoms. The Morgan fingerprint density at radius 3 is 1.98 bits per heavy atom. The Bertz CT molecular complexity index is 1350. The number of allylic oxidation sites excluding steroid dienone is 1. The third kappa shape index (κ3) is 9.94. The minimum atomic E-state index is -1.36. The van der Waals surface area contributed by atoms with E-state index in [0.29, 0.717) is 25.1 Å². The summed E-state index contributed by atoms with van der Waals surface area (Å²) >= 11 is 0. The minimum absolute atomic E-state index is 0.226. The molecule has 12 nitrogen and oxygen atoms in total. The minimum Gasteiger partial charge on any atom is -0.490 e. The number of ether oxygens (including phenoxy) is 7. The van der Waals surface area contributed by atoms with Crippen LogP contribution in [0.25, 0.3) is 6.08 Å². The van der Waals surface area contributed by atoms with Crippen LogP contribution in [-0.4, -0.2) is 74.1 Å². The highest BCUT2D eigenvalue weighted by Gasteiger charge is 2.53. The van der Waals surface area contributed by atoms with Gasteiger partial charge in [0.2, 0.25) is 12.4 Å². The van der Waals surface area contributed by atoms with Gasteiger partial charge in [-0.05, 0) is 35.8 Å². The summed E-state index contributed by atoms with van der Waals surface area (Å²) in [6.07, 6.45) is -3.76. The Morgan fingerprint density at radius 1 is 0.773 bits per heavy atom. The molecule has 236 valence electrons. The van der Waals surface area contributed by atoms with Gasteiger partial charge in [0.1, 0.15) is 18.5 Å². The van der Waals surface area contributed by atoms with E-state index in [-0.39, 0.29) is 12.4 Å². The molecule has 2 aromatic rings. The topological polar surface area (TPSA) is 150 Å². The molecule has 2 aromatic carbocycles. The average Bonchev–Trinajstić information content (AvgIpc) is 2.96. The molecule has 0 bridgehead atoms.